The molecule has 0 unspecified atom stereocenters. The van der Waals surface area contributed by atoms with Crippen molar-refractivity contribution < 1.29 is 0 Å². The highest BCUT2D eigenvalue weighted by Gasteiger charge is 2.00. The van der Waals surface area contributed by atoms with Crippen LogP contribution >= 0.6 is 0 Å². The number of rotatable bonds is 2. The number of nitrogens with zero attached hydrogens (tertiary/aromatic N) is 2. The van der Waals surface area contributed by atoms with Crippen LogP contribution in [-0.2, 0) is 0 Å². The predicted octanol–water partition coefficient (Wildman–Crippen LogP) is 0.712. The second-order valence-corrected chi connectivity index (χ2v) is 3.35. The van der Waals surface area contributed by atoms with Crippen LogP contribution < -0.4 is 11.5 Å². The minimum atomic E-state index is 0.754. The van der Waals surface area contributed by atoms with Crippen LogP contribution in [0.5, 0.6) is 0 Å². The van der Waals surface area contributed by atoms with Crippen LogP contribution in [0.25, 0.3) is 10.9 Å². The summed E-state index contributed by atoms with van der Waals surface area (Å²) in [6, 6.07) is 5.70. The number of hydrogen-bond acceptors (Lipinski definition) is 3. The number of hydrogen-bond donors (Lipinski definition) is 1. The van der Waals surface area contributed by atoms with E-state index in [9.17, 15) is 0 Å². The number of fused-ring (bicyclic) bond motifs is 1. The summed E-state index contributed by atoms with van der Waals surface area (Å²) in [5.41, 5.74) is 8.30. The van der Waals surface area contributed by atoms with E-state index in [2.05, 4.69) is 16.9 Å². The van der Waals surface area contributed by atoms with Crippen molar-refractivity contribution in [1.29, 1.82) is 0 Å². The molecule has 70 valence electrons. The number of nitrogens with two attached hydrogens (primary N) is 1. The first kappa shape index (κ1) is 9.00. The Hall–Kier alpha value is -1.58. The highest BCUT2D eigenvalue weighted by atomic mass is 14.8. The maximum atomic E-state index is 5.67. The fourth-order valence-electron chi connectivity index (χ4n) is 1.43. The molecule has 2 rings (SSSR count). The summed E-state index contributed by atoms with van der Waals surface area (Å²) in [6.45, 7) is 2.12. The molecule has 0 saturated heterocycles. The van der Waals surface area contributed by atoms with Crippen LogP contribution in [0.1, 0.15) is 6.92 Å². The molecule has 3 nitrogen and oxygen atoms in total. The summed E-state index contributed by atoms with van der Waals surface area (Å²) in [5.74, 6) is 0. The molecule has 4 heteroatoms. The molecule has 0 amide bonds. The third-order valence-electron chi connectivity index (χ3n) is 2.13. The van der Waals surface area contributed by atoms with Crippen molar-refractivity contribution in [3.63, 3.8) is 0 Å². The van der Waals surface area contributed by atoms with Crippen molar-refractivity contribution in [2.24, 2.45) is 0 Å². The summed E-state index contributed by atoms with van der Waals surface area (Å²) in [4.78, 5) is 8.71. The first-order valence-electron chi connectivity index (χ1n) is 4.81. The quantitative estimate of drug-likeness (QED) is 0.553. The Labute approximate surface area is 83.6 Å². The molecule has 14 heavy (non-hydrogen) atoms. The lowest BCUT2D eigenvalue weighted by Crippen LogP contribution is -2.20. The summed E-state index contributed by atoms with van der Waals surface area (Å²) in [7, 11) is 0.931. The molecule has 0 radical (unpaired) electrons. The van der Waals surface area contributed by atoms with Gasteiger partial charge in [-0.05, 0) is 18.2 Å². The van der Waals surface area contributed by atoms with Gasteiger partial charge in [0.25, 0.3) is 0 Å². The van der Waals surface area contributed by atoms with Gasteiger partial charge in [-0.2, -0.15) is 0 Å². The highest BCUT2D eigenvalue weighted by molar-refractivity contribution is 6.51. The largest absolute Gasteiger partial charge is 0.399 e. The lowest BCUT2D eigenvalue weighted by atomic mass is 9.74. The maximum absolute atomic E-state index is 5.67. The molecule has 2 aromatic rings. The highest BCUT2D eigenvalue weighted by Crippen LogP contribution is 2.12. The van der Waals surface area contributed by atoms with Gasteiger partial charge in [0, 0.05) is 17.3 Å². The second kappa shape index (κ2) is 3.66. The van der Waals surface area contributed by atoms with E-state index >= 15 is 0 Å². The molecule has 0 fully saturated rings. The molecule has 0 aliphatic heterocycles. The van der Waals surface area contributed by atoms with Crippen molar-refractivity contribution in [2.45, 2.75) is 13.2 Å². The van der Waals surface area contributed by atoms with Gasteiger partial charge < -0.3 is 5.73 Å². The fourth-order valence-corrected chi connectivity index (χ4v) is 1.43. The molecule has 2 N–H and O–H groups in total. The predicted molar refractivity (Wildman–Crippen MR) is 61.2 cm³/mol. The molecule has 0 spiro atoms. The first-order chi connectivity index (χ1) is 6.79. The Morgan fingerprint density at radius 2 is 2.29 bits per heavy atom. The Morgan fingerprint density at radius 3 is 3.07 bits per heavy atom. The van der Waals surface area contributed by atoms with Gasteiger partial charge in [0.15, 0.2) is 0 Å². The molecule has 0 aliphatic carbocycles. The monoisotopic (exact) mass is 185 g/mol. The maximum Gasteiger partial charge on any atom is 0.207 e. The van der Waals surface area contributed by atoms with Crippen LogP contribution in [0.4, 0.5) is 5.69 Å². The topological polar surface area (TPSA) is 51.8 Å². The SMILES string of the molecule is CCBc1ncc2cc(N)ccc2n1. The van der Waals surface area contributed by atoms with E-state index in [-0.39, 0.29) is 0 Å². The van der Waals surface area contributed by atoms with E-state index in [1.165, 1.54) is 0 Å². The van der Waals surface area contributed by atoms with Gasteiger partial charge in [0.2, 0.25) is 7.28 Å². The zero-order valence-corrected chi connectivity index (χ0v) is 8.20. The molecule has 0 aliphatic rings. The van der Waals surface area contributed by atoms with Gasteiger partial charge in [-0.15, -0.1) is 0 Å². The summed E-state index contributed by atoms with van der Waals surface area (Å²) in [6.07, 6.45) is 2.91. The van der Waals surface area contributed by atoms with Crippen LogP contribution in [-0.4, -0.2) is 17.2 Å². The van der Waals surface area contributed by atoms with Gasteiger partial charge in [0.1, 0.15) is 0 Å². The van der Waals surface area contributed by atoms with Crippen molar-refractivity contribution >= 4 is 29.6 Å². The van der Waals surface area contributed by atoms with E-state index < -0.39 is 0 Å². The standard InChI is InChI=1S/C10H12BN3/c1-2-11-10-13-6-7-5-8(12)3-4-9(7)14-10/h3-6,11H,2,12H2,1H3. The minimum Gasteiger partial charge on any atom is -0.399 e. The molecular weight excluding hydrogens is 173 g/mol. The molecule has 1 aromatic heterocycles. The van der Waals surface area contributed by atoms with Crippen molar-refractivity contribution in [3.05, 3.63) is 24.4 Å². The summed E-state index contributed by atoms with van der Waals surface area (Å²) in [5, 5.41) is 1.00. The summed E-state index contributed by atoms with van der Waals surface area (Å²) < 4.78 is 0. The lowest BCUT2D eigenvalue weighted by molar-refractivity contribution is 1.28. The molecule has 1 aromatic carbocycles. The minimum absolute atomic E-state index is 0.754. The number of nitrogen functional groups attached to an aromatic ring is 1. The molecule has 0 bridgehead atoms. The van der Waals surface area contributed by atoms with E-state index in [1.807, 2.05) is 24.4 Å². The van der Waals surface area contributed by atoms with Crippen molar-refractivity contribution in [2.75, 3.05) is 5.73 Å². The van der Waals surface area contributed by atoms with Crippen molar-refractivity contribution in [3.8, 4) is 0 Å². The van der Waals surface area contributed by atoms with Crippen molar-refractivity contribution in [1.82, 2.24) is 9.97 Å². The molecular formula is C10H12BN3. The Bertz CT molecular complexity index is 456. The number of anilines is 1. The van der Waals surface area contributed by atoms with Crippen LogP contribution in [0.3, 0.4) is 0 Å². The third kappa shape index (κ3) is 1.69. The first-order valence-corrected chi connectivity index (χ1v) is 4.81. The van der Waals surface area contributed by atoms with Gasteiger partial charge in [-0.1, -0.05) is 13.2 Å². The zero-order chi connectivity index (χ0) is 9.97. The third-order valence-corrected chi connectivity index (χ3v) is 2.13. The van der Waals surface area contributed by atoms with E-state index in [0.717, 1.165) is 35.9 Å². The Balaban J connectivity index is 2.50. The zero-order valence-electron chi connectivity index (χ0n) is 8.20. The average Bonchev–Trinajstić information content (AvgIpc) is 2.19. The van der Waals surface area contributed by atoms with Crippen LogP contribution in [0.2, 0.25) is 6.32 Å². The van der Waals surface area contributed by atoms with E-state index in [0.29, 0.717) is 0 Å². The second-order valence-electron chi connectivity index (χ2n) is 3.35. The smallest absolute Gasteiger partial charge is 0.207 e. The normalized spacial score (nSPS) is 10.4. The molecule has 0 atom stereocenters. The van der Waals surface area contributed by atoms with Crippen LogP contribution in [0, 0.1) is 0 Å². The van der Waals surface area contributed by atoms with E-state index in [1.54, 1.807) is 0 Å². The van der Waals surface area contributed by atoms with Gasteiger partial charge in [-0.25, -0.2) is 4.98 Å². The van der Waals surface area contributed by atoms with Crippen LogP contribution in [0.15, 0.2) is 24.4 Å². The lowest BCUT2D eigenvalue weighted by Gasteiger charge is -2.00. The van der Waals surface area contributed by atoms with Gasteiger partial charge in [0.05, 0.1) is 11.2 Å². The van der Waals surface area contributed by atoms with Gasteiger partial charge in [-0.3, -0.25) is 4.98 Å². The average molecular weight is 185 g/mol. The Morgan fingerprint density at radius 1 is 1.43 bits per heavy atom. The van der Waals surface area contributed by atoms with E-state index in [4.69, 9.17) is 5.73 Å². The number of benzene rings is 1. The molecule has 0 saturated carbocycles. The fraction of sp³-hybridized carbons (Fsp3) is 0.200. The number of aromatic nitrogens is 2. The molecule has 1 heterocycles. The summed E-state index contributed by atoms with van der Waals surface area (Å²) >= 11 is 0. The van der Waals surface area contributed by atoms with Gasteiger partial charge >= 0.3 is 0 Å². The Kier molecular flexibility index (Phi) is 2.35.